The molecular formula is C62H80Cl2Si3Zr. The molecule has 0 N–H and O–H groups in total. The standard InChI is InChI=1S/2C29H35Si.C4H10Si.2ClH.Zr/c2*1-30(2,3)26-9-7-24(8-10-26)27-6-4-5-25-14-23(15-28(25)27)19-29-16-20-11-21(17-29)13-22(12-20)18-29;1-3-4-5-2;;;/h2*4-10,14-15,20-22H,11-13,16-19H2,1-3H3;3-4H2,1-2H3;2*1H;/q2*-1;;;;+4/p-2. The second kappa shape index (κ2) is 21.4. The van der Waals surface area contributed by atoms with Gasteiger partial charge < -0.3 is 0 Å². The first-order chi connectivity index (χ1) is 32.6. The molecule has 14 rings (SSSR count). The number of fused-ring (bicyclic) bond motifs is 2. The minimum absolute atomic E-state index is 0.623. The summed E-state index contributed by atoms with van der Waals surface area (Å²) in [7, 11) is 8.53. The van der Waals surface area contributed by atoms with E-state index in [1.54, 1.807) is 60.0 Å². The molecule has 8 aliphatic rings. The first-order valence-electron chi connectivity index (χ1n) is 26.8. The van der Waals surface area contributed by atoms with E-state index in [0.717, 1.165) is 45.0 Å². The van der Waals surface area contributed by atoms with Crippen molar-refractivity contribution in [2.45, 2.75) is 155 Å². The molecule has 68 heavy (non-hydrogen) atoms. The Morgan fingerprint density at radius 3 is 1.12 bits per heavy atom. The molecule has 0 aromatic heterocycles. The molecule has 8 aliphatic carbocycles. The van der Waals surface area contributed by atoms with Gasteiger partial charge in [-0.25, -0.2) is 0 Å². The summed E-state index contributed by atoms with van der Waals surface area (Å²) in [5.41, 5.74) is 9.99. The van der Waals surface area contributed by atoms with Crippen LogP contribution in [0, 0.1) is 46.3 Å². The van der Waals surface area contributed by atoms with Gasteiger partial charge in [0, 0.05) is 9.52 Å². The van der Waals surface area contributed by atoms with Crippen molar-refractivity contribution >= 4 is 74.6 Å². The molecule has 0 spiro atoms. The van der Waals surface area contributed by atoms with Crippen LogP contribution in [0.4, 0.5) is 0 Å². The Balaban J connectivity index is 0.000000147. The number of hydrogen-bond donors (Lipinski definition) is 0. The fourth-order valence-electron chi connectivity index (χ4n) is 15.7. The molecule has 6 aromatic carbocycles. The molecule has 0 saturated heterocycles. The summed E-state index contributed by atoms with van der Waals surface area (Å²) in [6.45, 7) is 19.0. The molecule has 0 atom stereocenters. The third-order valence-electron chi connectivity index (χ3n) is 17.7. The molecule has 6 aromatic rings. The average molecular weight is 1070 g/mol. The third kappa shape index (κ3) is 11.7. The maximum absolute atomic E-state index is 4.93. The molecule has 0 nitrogen and oxygen atoms in total. The van der Waals surface area contributed by atoms with Crippen molar-refractivity contribution in [2.75, 3.05) is 0 Å². The number of halogens is 2. The monoisotopic (exact) mass is 1070 g/mol. The first-order valence-corrected chi connectivity index (χ1v) is 41.8. The fourth-order valence-corrected chi connectivity index (χ4v) is 18.6. The van der Waals surface area contributed by atoms with E-state index in [0.29, 0.717) is 10.8 Å². The zero-order chi connectivity index (χ0) is 47.8. The Kier molecular flexibility index (Phi) is 16.1. The van der Waals surface area contributed by atoms with Crippen molar-refractivity contribution in [3.05, 3.63) is 120 Å². The summed E-state index contributed by atoms with van der Waals surface area (Å²) in [6, 6.07) is 44.2. The van der Waals surface area contributed by atoms with Crippen molar-refractivity contribution in [2.24, 2.45) is 46.3 Å². The van der Waals surface area contributed by atoms with Crippen LogP contribution in [-0.2, 0) is 33.7 Å². The summed E-state index contributed by atoms with van der Waals surface area (Å²) < 4.78 is 0. The molecule has 0 amide bonds. The van der Waals surface area contributed by atoms with E-state index in [4.69, 9.17) is 17.0 Å². The van der Waals surface area contributed by atoms with Crippen LogP contribution in [0.3, 0.4) is 0 Å². The molecular weight excluding hydrogens is 991 g/mol. The van der Waals surface area contributed by atoms with Gasteiger partial charge in [-0.2, -0.15) is 12.1 Å². The third-order valence-corrected chi connectivity index (χ3v) is 22.9. The Morgan fingerprint density at radius 1 is 0.529 bits per heavy atom. The zero-order valence-electron chi connectivity index (χ0n) is 42.9. The van der Waals surface area contributed by atoms with Crippen molar-refractivity contribution < 1.29 is 20.8 Å². The predicted octanol–water partition coefficient (Wildman–Crippen LogP) is 18.0. The van der Waals surface area contributed by atoms with E-state index in [9.17, 15) is 0 Å². The predicted molar refractivity (Wildman–Crippen MR) is 303 cm³/mol. The van der Waals surface area contributed by atoms with Crippen LogP contribution < -0.4 is 10.4 Å². The van der Waals surface area contributed by atoms with Crippen LogP contribution >= 0.6 is 17.0 Å². The van der Waals surface area contributed by atoms with Crippen LogP contribution in [0.1, 0.15) is 102 Å². The summed E-state index contributed by atoms with van der Waals surface area (Å²) in [5.74, 6) is 6.26. The fraction of sp³-hybridized carbons (Fsp3) is 0.516. The molecule has 0 aliphatic heterocycles. The van der Waals surface area contributed by atoms with E-state index < -0.39 is 37.0 Å². The molecule has 358 valence electrons. The van der Waals surface area contributed by atoms with E-state index in [1.165, 1.54) is 108 Å². The topological polar surface area (TPSA) is 0 Å². The van der Waals surface area contributed by atoms with Crippen LogP contribution in [0.15, 0.2) is 109 Å². The van der Waals surface area contributed by atoms with Crippen molar-refractivity contribution in [1.29, 1.82) is 0 Å². The van der Waals surface area contributed by atoms with E-state index in [-0.39, 0.29) is 0 Å². The van der Waals surface area contributed by atoms with Crippen molar-refractivity contribution in [3.8, 4) is 22.3 Å². The van der Waals surface area contributed by atoms with Crippen LogP contribution in [-0.4, -0.2) is 25.7 Å². The van der Waals surface area contributed by atoms with Gasteiger partial charge in [-0.3, -0.25) is 0 Å². The molecule has 2 radical (unpaired) electrons. The molecule has 6 heteroatoms. The van der Waals surface area contributed by atoms with Crippen LogP contribution in [0.25, 0.3) is 43.8 Å². The van der Waals surface area contributed by atoms with Gasteiger partial charge in [-0.15, -0.1) is 69.1 Å². The maximum atomic E-state index is 4.93. The molecule has 8 saturated carbocycles. The molecule has 8 bridgehead atoms. The van der Waals surface area contributed by atoms with Gasteiger partial charge in [0.05, 0.1) is 16.1 Å². The molecule has 0 unspecified atom stereocenters. The van der Waals surface area contributed by atoms with Crippen molar-refractivity contribution in [3.63, 3.8) is 0 Å². The quantitative estimate of drug-likeness (QED) is 0.0947. The average Bonchev–Trinajstić information content (AvgIpc) is 3.88. The van der Waals surface area contributed by atoms with Gasteiger partial charge in [0.25, 0.3) is 0 Å². The summed E-state index contributed by atoms with van der Waals surface area (Å²) in [4.78, 5) is 0. The Hall–Kier alpha value is -1.79. The number of hydrogen-bond acceptors (Lipinski definition) is 0. The SMILES string of the molecule is CCC[Si]C.C[Si](C)(C)c1ccc(-c2cccc3[cH-]c(CC45CC6CC(CC(C6)C4)C5)cc23)cc1.C[Si](C)(C)c1ccc(-c2cccc3[cH-]c(CC45CC6CC(CC(C6)C4)C5)cc23)cc1.[Cl][Zr+2][Cl]. The van der Waals surface area contributed by atoms with E-state index in [2.05, 4.69) is 162 Å². The second-order valence-electron chi connectivity index (χ2n) is 25.4. The van der Waals surface area contributed by atoms with Crippen LogP contribution in [0.5, 0.6) is 0 Å². The summed E-state index contributed by atoms with van der Waals surface area (Å²) in [5, 5.41) is 8.87. The van der Waals surface area contributed by atoms with Gasteiger partial charge in [-0.1, -0.05) is 147 Å². The summed E-state index contributed by atoms with van der Waals surface area (Å²) in [6.07, 6.45) is 22.3. The van der Waals surface area contributed by atoms with Crippen LogP contribution in [0.2, 0.25) is 51.9 Å². The van der Waals surface area contributed by atoms with E-state index in [1.807, 2.05) is 0 Å². The molecule has 0 heterocycles. The summed E-state index contributed by atoms with van der Waals surface area (Å²) >= 11 is -0.826. The zero-order valence-corrected chi connectivity index (χ0v) is 49.9. The van der Waals surface area contributed by atoms with Gasteiger partial charge in [-0.05, 0) is 147 Å². The Bertz CT molecular complexity index is 2350. The van der Waals surface area contributed by atoms with E-state index >= 15 is 0 Å². The van der Waals surface area contributed by atoms with Gasteiger partial charge in [0.15, 0.2) is 0 Å². The minimum atomic E-state index is -1.25. The Labute approximate surface area is 435 Å². The normalized spacial score (nSPS) is 27.5. The molecule has 8 fully saturated rings. The first kappa shape index (κ1) is 51.1. The van der Waals surface area contributed by atoms with Gasteiger partial charge in [0.2, 0.25) is 0 Å². The van der Waals surface area contributed by atoms with Gasteiger partial charge >= 0.3 is 37.9 Å². The second-order valence-corrected chi connectivity index (χ2v) is 40.5. The van der Waals surface area contributed by atoms with Gasteiger partial charge in [0.1, 0.15) is 0 Å². The Morgan fingerprint density at radius 2 is 0.853 bits per heavy atom. The number of benzene rings is 4. The number of rotatable bonds is 10. The van der Waals surface area contributed by atoms with Crippen molar-refractivity contribution in [1.82, 2.24) is 0 Å².